The lowest BCUT2D eigenvalue weighted by molar-refractivity contribution is 0.0899. The van der Waals surface area contributed by atoms with Crippen molar-refractivity contribution in [3.63, 3.8) is 0 Å². The average Bonchev–Trinajstić information content (AvgIpc) is 3.02. The average molecular weight is 385 g/mol. The van der Waals surface area contributed by atoms with E-state index in [4.69, 9.17) is 9.47 Å². The minimum Gasteiger partial charge on any atom is -0.453 e. The second-order valence-corrected chi connectivity index (χ2v) is 13.9. The Morgan fingerprint density at radius 3 is 2.52 bits per heavy atom. The smallest absolute Gasteiger partial charge is 0.164 e. The summed E-state index contributed by atoms with van der Waals surface area (Å²) in [4.78, 5) is 12.7. The quantitative estimate of drug-likeness (QED) is 0.401. The van der Waals surface area contributed by atoms with E-state index in [1.807, 2.05) is 23.0 Å². The summed E-state index contributed by atoms with van der Waals surface area (Å²) in [6.07, 6.45) is 8.72. The van der Waals surface area contributed by atoms with E-state index in [2.05, 4.69) is 48.4 Å². The van der Waals surface area contributed by atoms with Crippen LogP contribution in [0.25, 0.3) is 11.0 Å². The lowest BCUT2D eigenvalue weighted by atomic mass is 10.0. The molecule has 0 fully saturated rings. The van der Waals surface area contributed by atoms with Crippen LogP contribution in [0.1, 0.15) is 25.3 Å². The maximum atomic E-state index is 6.15. The van der Waals surface area contributed by atoms with Crippen molar-refractivity contribution in [1.82, 2.24) is 19.5 Å². The number of ether oxygens (including phenoxy) is 2. The Morgan fingerprint density at radius 1 is 1.11 bits per heavy atom. The summed E-state index contributed by atoms with van der Waals surface area (Å²) < 4.78 is 14.1. The van der Waals surface area contributed by atoms with Crippen molar-refractivity contribution in [3.05, 3.63) is 42.7 Å². The van der Waals surface area contributed by atoms with Crippen molar-refractivity contribution >= 4 is 19.1 Å². The molecular formula is C20H28N4O2Si. The monoisotopic (exact) mass is 384 g/mol. The number of hydrogen-bond acceptors (Lipinski definition) is 5. The molecule has 0 saturated carbocycles. The van der Waals surface area contributed by atoms with Crippen molar-refractivity contribution in [2.75, 3.05) is 6.61 Å². The van der Waals surface area contributed by atoms with E-state index in [-0.39, 0.29) is 5.92 Å². The van der Waals surface area contributed by atoms with Gasteiger partial charge in [-0.2, -0.15) is 0 Å². The molecule has 0 radical (unpaired) electrons. The molecule has 3 heterocycles. The molecule has 3 aromatic heterocycles. The summed E-state index contributed by atoms with van der Waals surface area (Å²) in [5.41, 5.74) is 1.92. The van der Waals surface area contributed by atoms with Gasteiger partial charge in [-0.05, 0) is 18.0 Å². The van der Waals surface area contributed by atoms with Gasteiger partial charge in [-0.15, -0.1) is 0 Å². The summed E-state index contributed by atoms with van der Waals surface area (Å²) in [7, 11) is -1.09. The van der Waals surface area contributed by atoms with Gasteiger partial charge in [0, 0.05) is 32.6 Å². The Balaban J connectivity index is 1.86. The lowest BCUT2D eigenvalue weighted by Gasteiger charge is -2.16. The third-order valence-electron chi connectivity index (χ3n) is 4.37. The van der Waals surface area contributed by atoms with Crippen molar-refractivity contribution < 1.29 is 9.47 Å². The Morgan fingerprint density at radius 2 is 1.85 bits per heavy atom. The normalized spacial score (nSPS) is 12.1. The summed E-state index contributed by atoms with van der Waals surface area (Å²) >= 11 is 0. The molecule has 0 unspecified atom stereocenters. The summed E-state index contributed by atoms with van der Waals surface area (Å²) in [5, 5.41) is 0.971. The van der Waals surface area contributed by atoms with E-state index < -0.39 is 8.07 Å². The number of rotatable bonds is 8. The molecule has 144 valence electrons. The van der Waals surface area contributed by atoms with E-state index in [0.717, 1.165) is 35.0 Å². The first-order valence-corrected chi connectivity index (χ1v) is 13.0. The molecule has 7 heteroatoms. The molecule has 0 spiro atoms. The van der Waals surface area contributed by atoms with Gasteiger partial charge in [0.1, 0.15) is 24.5 Å². The number of nitrogens with zero attached hydrogens (tertiary/aromatic N) is 4. The minimum atomic E-state index is -1.09. The summed E-state index contributed by atoms with van der Waals surface area (Å²) in [6.45, 7) is 12.6. The van der Waals surface area contributed by atoms with E-state index in [0.29, 0.717) is 12.5 Å². The van der Waals surface area contributed by atoms with Crippen LogP contribution in [-0.4, -0.2) is 34.2 Å². The molecule has 0 bridgehead atoms. The van der Waals surface area contributed by atoms with Gasteiger partial charge in [0.15, 0.2) is 5.75 Å². The maximum absolute atomic E-state index is 6.15. The molecule has 0 atom stereocenters. The second kappa shape index (κ2) is 8.18. The van der Waals surface area contributed by atoms with Gasteiger partial charge in [-0.25, -0.2) is 15.0 Å². The summed E-state index contributed by atoms with van der Waals surface area (Å²) in [6, 6.07) is 3.19. The van der Waals surface area contributed by atoms with E-state index in [1.165, 1.54) is 6.33 Å². The van der Waals surface area contributed by atoms with Gasteiger partial charge >= 0.3 is 0 Å². The van der Waals surface area contributed by atoms with Crippen LogP contribution in [0.15, 0.2) is 37.2 Å². The van der Waals surface area contributed by atoms with Gasteiger partial charge in [0.2, 0.25) is 0 Å². The molecule has 0 amide bonds. The number of pyridine rings is 1. The van der Waals surface area contributed by atoms with Crippen LogP contribution in [0, 0.1) is 0 Å². The third-order valence-corrected chi connectivity index (χ3v) is 6.08. The number of aromatic nitrogens is 4. The van der Waals surface area contributed by atoms with E-state index in [9.17, 15) is 0 Å². The predicted octanol–water partition coefficient (Wildman–Crippen LogP) is 5.05. The predicted molar refractivity (Wildman–Crippen MR) is 110 cm³/mol. The Bertz CT molecular complexity index is 888. The summed E-state index contributed by atoms with van der Waals surface area (Å²) in [5.74, 6) is 1.72. The fourth-order valence-electron chi connectivity index (χ4n) is 2.76. The van der Waals surface area contributed by atoms with Crippen LogP contribution in [0.3, 0.4) is 0 Å². The fourth-order valence-corrected chi connectivity index (χ4v) is 3.51. The topological polar surface area (TPSA) is 62.1 Å². The first-order valence-electron chi connectivity index (χ1n) is 9.33. The van der Waals surface area contributed by atoms with Crippen LogP contribution < -0.4 is 4.74 Å². The van der Waals surface area contributed by atoms with Crippen molar-refractivity contribution in [2.45, 2.75) is 52.2 Å². The van der Waals surface area contributed by atoms with Crippen LogP contribution >= 0.6 is 0 Å². The third kappa shape index (κ3) is 4.93. The van der Waals surface area contributed by atoms with Crippen molar-refractivity contribution in [3.8, 4) is 11.5 Å². The molecule has 0 aliphatic carbocycles. The minimum absolute atomic E-state index is 0.290. The Labute approximate surface area is 161 Å². The van der Waals surface area contributed by atoms with Crippen molar-refractivity contribution in [1.29, 1.82) is 0 Å². The molecule has 27 heavy (non-hydrogen) atoms. The van der Waals surface area contributed by atoms with Crippen LogP contribution in [0.4, 0.5) is 0 Å². The maximum Gasteiger partial charge on any atom is 0.164 e. The van der Waals surface area contributed by atoms with Gasteiger partial charge in [0.25, 0.3) is 0 Å². The standard InChI is InChI=1S/C20H28N4O2Si/c1-15(2)18-12-23-20-17(19(18)26-16-10-21-13-22-11-16)6-7-24(20)14-25-8-9-27(3,4)5/h6-7,10-13,15H,8-9,14H2,1-5H3. The first kappa shape index (κ1) is 19.5. The van der Waals surface area contributed by atoms with Gasteiger partial charge in [-0.3, -0.25) is 0 Å². The Kier molecular flexibility index (Phi) is 5.91. The lowest BCUT2D eigenvalue weighted by Crippen LogP contribution is -2.22. The zero-order valence-corrected chi connectivity index (χ0v) is 17.8. The van der Waals surface area contributed by atoms with Crippen LogP contribution in [-0.2, 0) is 11.5 Å². The molecule has 0 aliphatic rings. The first-order chi connectivity index (χ1) is 12.8. The Hall–Kier alpha value is -2.25. The highest BCUT2D eigenvalue weighted by Crippen LogP contribution is 2.36. The number of fused-ring (bicyclic) bond motifs is 1. The fraction of sp³-hybridized carbons (Fsp3) is 0.450. The second-order valence-electron chi connectivity index (χ2n) is 8.24. The van der Waals surface area contributed by atoms with Gasteiger partial charge in [-0.1, -0.05) is 33.5 Å². The van der Waals surface area contributed by atoms with Crippen LogP contribution in [0.2, 0.25) is 25.7 Å². The zero-order valence-electron chi connectivity index (χ0n) is 16.8. The molecular weight excluding hydrogens is 356 g/mol. The molecule has 0 N–H and O–H groups in total. The van der Waals surface area contributed by atoms with Gasteiger partial charge in [0.05, 0.1) is 17.8 Å². The highest BCUT2D eigenvalue weighted by atomic mass is 28.3. The van der Waals surface area contributed by atoms with Gasteiger partial charge < -0.3 is 14.0 Å². The SMILES string of the molecule is CC(C)c1cnc2c(ccn2COCC[Si](C)(C)C)c1Oc1cncnc1. The molecule has 0 aromatic carbocycles. The molecule has 0 saturated heterocycles. The molecule has 0 aliphatic heterocycles. The highest BCUT2D eigenvalue weighted by Gasteiger charge is 2.17. The largest absolute Gasteiger partial charge is 0.453 e. The molecule has 6 nitrogen and oxygen atoms in total. The van der Waals surface area contributed by atoms with E-state index >= 15 is 0 Å². The molecule has 3 aromatic rings. The van der Waals surface area contributed by atoms with Crippen molar-refractivity contribution in [2.24, 2.45) is 0 Å². The number of hydrogen-bond donors (Lipinski definition) is 0. The highest BCUT2D eigenvalue weighted by molar-refractivity contribution is 6.76. The van der Waals surface area contributed by atoms with E-state index in [1.54, 1.807) is 12.4 Å². The zero-order chi connectivity index (χ0) is 19.4. The van der Waals surface area contributed by atoms with Crippen LogP contribution in [0.5, 0.6) is 11.5 Å². The molecule has 3 rings (SSSR count).